The Bertz CT molecular complexity index is 1280. The lowest BCUT2D eigenvalue weighted by molar-refractivity contribution is -0.217. The zero-order valence-corrected chi connectivity index (χ0v) is 19.4. The van der Waals surface area contributed by atoms with E-state index < -0.39 is 36.0 Å². The largest absolute Gasteiger partial charge is 0.491 e. The summed E-state index contributed by atoms with van der Waals surface area (Å²) in [6, 6.07) is 3.96. The van der Waals surface area contributed by atoms with Crippen molar-refractivity contribution in [3.8, 4) is 0 Å². The van der Waals surface area contributed by atoms with Gasteiger partial charge in [0.15, 0.2) is 5.82 Å². The number of aromatic amines is 1. The number of H-pyrrole nitrogens is 1. The van der Waals surface area contributed by atoms with Crippen LogP contribution >= 0.6 is 0 Å². The van der Waals surface area contributed by atoms with Crippen molar-refractivity contribution >= 4 is 16.9 Å². The molecule has 4 aliphatic carbocycles. The van der Waals surface area contributed by atoms with E-state index in [4.69, 9.17) is 15.0 Å². The highest BCUT2D eigenvalue weighted by Gasteiger charge is 2.52. The maximum absolute atomic E-state index is 13.9. The number of esters is 1. The maximum Gasteiger partial charge on any atom is 0.491 e. The van der Waals surface area contributed by atoms with E-state index in [0.717, 1.165) is 19.3 Å². The first kappa shape index (κ1) is 23.4. The molecular formula is C25H26F4N4O3. The minimum absolute atomic E-state index is 0.0597. The van der Waals surface area contributed by atoms with Gasteiger partial charge in [-0.2, -0.15) is 18.2 Å². The summed E-state index contributed by atoms with van der Waals surface area (Å²) in [6.07, 6.45) is 3.35. The maximum atomic E-state index is 13.9. The average molecular weight is 507 g/mol. The van der Waals surface area contributed by atoms with Gasteiger partial charge in [-0.3, -0.25) is 5.73 Å². The van der Waals surface area contributed by atoms with Crippen molar-refractivity contribution in [2.24, 2.45) is 28.9 Å². The quantitative estimate of drug-likeness (QED) is 0.280. The number of fused-ring (bicyclic) bond motifs is 1. The molecule has 0 spiro atoms. The van der Waals surface area contributed by atoms with Gasteiger partial charge in [-0.15, -0.1) is 0 Å². The van der Waals surface area contributed by atoms with Crippen molar-refractivity contribution in [3.05, 3.63) is 47.5 Å². The first-order valence-corrected chi connectivity index (χ1v) is 12.2. The summed E-state index contributed by atoms with van der Waals surface area (Å²) in [5, 5.41) is 4.42. The topological polar surface area (TPSA) is 107 Å². The first-order chi connectivity index (χ1) is 17.0. The van der Waals surface area contributed by atoms with Crippen LogP contribution in [0.2, 0.25) is 0 Å². The number of ether oxygens (including phenoxy) is 1. The van der Waals surface area contributed by atoms with Gasteiger partial charge in [0, 0.05) is 29.9 Å². The Balaban J connectivity index is 1.31. The summed E-state index contributed by atoms with van der Waals surface area (Å²) in [7, 11) is 0. The molecule has 0 aliphatic heterocycles. The summed E-state index contributed by atoms with van der Waals surface area (Å²) in [5.74, 6) is -0.991. The number of hydrogen-bond donors (Lipinski definition) is 2. The number of nitrogens with two attached hydrogens (primary N) is 1. The van der Waals surface area contributed by atoms with Crippen molar-refractivity contribution in [1.82, 2.24) is 15.1 Å². The molecule has 36 heavy (non-hydrogen) atoms. The number of carbonyl (C=O) groups is 1. The lowest BCUT2D eigenvalue weighted by atomic mass is 9.49. The third kappa shape index (κ3) is 4.16. The molecule has 4 bridgehead atoms. The van der Waals surface area contributed by atoms with Crippen LogP contribution in [0.1, 0.15) is 55.8 Å². The van der Waals surface area contributed by atoms with E-state index in [1.54, 1.807) is 0 Å². The van der Waals surface area contributed by atoms with E-state index in [2.05, 4.69) is 15.1 Å². The van der Waals surface area contributed by atoms with E-state index >= 15 is 0 Å². The molecule has 1 aromatic carbocycles. The number of benzene rings is 1. The molecule has 3 N–H and O–H groups in total. The second-order valence-electron chi connectivity index (χ2n) is 11.1. The SMILES string of the molecule is N[C@@](Cc1c[nH]c2ccc(F)cc12)(OC(=O)C(F)(F)F)c1nc(CC23CC4CC(CC(C4)C2)C3)no1. The van der Waals surface area contributed by atoms with Crippen molar-refractivity contribution in [3.63, 3.8) is 0 Å². The number of halogens is 4. The van der Waals surface area contributed by atoms with Gasteiger partial charge in [-0.05, 0) is 85.5 Å². The van der Waals surface area contributed by atoms with E-state index in [0.29, 0.717) is 46.5 Å². The standard InChI is InChI=1S/C25H26F4N4O3/c26-17-1-2-19-18(6-17)16(12-31-19)10-24(30,35-22(34)25(27,28)29)21-32-20(33-36-21)11-23-7-13-3-14(8-23)5-15(4-13)9-23/h1-2,6,12-15,31H,3-5,7-11,30H2/t13?,14?,15?,23?,24-/m0/s1. The number of hydrogen-bond acceptors (Lipinski definition) is 6. The monoisotopic (exact) mass is 506 g/mol. The zero-order chi connectivity index (χ0) is 25.3. The number of alkyl halides is 3. The molecule has 0 amide bonds. The van der Waals surface area contributed by atoms with E-state index in [1.165, 1.54) is 43.7 Å². The Labute approximate surface area is 203 Å². The molecule has 192 valence electrons. The van der Waals surface area contributed by atoms with Gasteiger partial charge in [0.25, 0.3) is 5.89 Å². The smallest absolute Gasteiger partial charge is 0.427 e. The van der Waals surface area contributed by atoms with Gasteiger partial charge in [0.1, 0.15) is 5.82 Å². The van der Waals surface area contributed by atoms with E-state index in [-0.39, 0.29) is 5.41 Å². The number of nitrogens with one attached hydrogen (secondary N) is 1. The summed E-state index contributed by atoms with van der Waals surface area (Å²) in [5.41, 5.74) is 4.80. The molecule has 4 fully saturated rings. The average Bonchev–Trinajstić information content (AvgIpc) is 3.39. The van der Waals surface area contributed by atoms with Crippen LogP contribution in [0.15, 0.2) is 28.9 Å². The predicted molar refractivity (Wildman–Crippen MR) is 119 cm³/mol. The van der Waals surface area contributed by atoms with E-state index in [9.17, 15) is 22.4 Å². The van der Waals surface area contributed by atoms with Crippen LogP contribution in [0.5, 0.6) is 0 Å². The zero-order valence-electron chi connectivity index (χ0n) is 19.4. The minimum Gasteiger partial charge on any atom is -0.427 e. The fourth-order valence-corrected chi connectivity index (χ4v) is 7.30. The lowest BCUT2D eigenvalue weighted by Crippen LogP contribution is -2.47. The van der Waals surface area contributed by atoms with Gasteiger partial charge < -0.3 is 14.2 Å². The molecule has 3 aromatic rings. The summed E-state index contributed by atoms with van der Waals surface area (Å²) < 4.78 is 63.3. The van der Waals surface area contributed by atoms with Gasteiger partial charge in [-0.1, -0.05) is 5.16 Å². The molecule has 0 radical (unpaired) electrons. The highest BCUT2D eigenvalue weighted by atomic mass is 19.4. The third-order valence-electron chi connectivity index (χ3n) is 8.22. The molecule has 11 heteroatoms. The van der Waals surface area contributed by atoms with Crippen molar-refractivity contribution in [2.45, 2.75) is 63.3 Å². The Morgan fingerprint density at radius 3 is 2.47 bits per heavy atom. The summed E-state index contributed by atoms with van der Waals surface area (Å²) >= 11 is 0. The van der Waals surface area contributed by atoms with Crippen LogP contribution in [0.4, 0.5) is 17.6 Å². The molecule has 0 saturated heterocycles. The van der Waals surface area contributed by atoms with Gasteiger partial charge >= 0.3 is 12.1 Å². The third-order valence-corrected chi connectivity index (χ3v) is 8.22. The van der Waals surface area contributed by atoms with Crippen LogP contribution in [-0.2, 0) is 28.1 Å². The molecule has 0 unspecified atom stereocenters. The molecular weight excluding hydrogens is 480 g/mol. The highest BCUT2D eigenvalue weighted by Crippen LogP contribution is 2.60. The minimum atomic E-state index is -5.28. The Kier molecular flexibility index (Phi) is 5.23. The van der Waals surface area contributed by atoms with Gasteiger partial charge in [-0.25, -0.2) is 9.18 Å². The molecule has 4 aliphatic rings. The second-order valence-corrected chi connectivity index (χ2v) is 11.1. The molecule has 2 aromatic heterocycles. The molecule has 2 heterocycles. The highest BCUT2D eigenvalue weighted by molar-refractivity contribution is 5.83. The van der Waals surface area contributed by atoms with Gasteiger partial charge in [0.05, 0.1) is 0 Å². The van der Waals surface area contributed by atoms with Crippen LogP contribution in [0.3, 0.4) is 0 Å². The van der Waals surface area contributed by atoms with Crippen LogP contribution in [0.25, 0.3) is 10.9 Å². The van der Waals surface area contributed by atoms with Crippen molar-refractivity contribution < 1.29 is 31.6 Å². The number of aromatic nitrogens is 3. The normalized spacial score (nSPS) is 29.0. The van der Waals surface area contributed by atoms with Crippen LogP contribution < -0.4 is 5.73 Å². The molecule has 7 nitrogen and oxygen atoms in total. The van der Waals surface area contributed by atoms with Gasteiger partial charge in [0.2, 0.25) is 5.72 Å². The molecule has 1 atom stereocenters. The fraction of sp³-hybridized carbons (Fsp3) is 0.560. The number of nitrogens with zero attached hydrogens (tertiary/aromatic N) is 2. The Morgan fingerprint density at radius 2 is 1.83 bits per heavy atom. The van der Waals surface area contributed by atoms with Crippen LogP contribution in [0, 0.1) is 29.0 Å². The van der Waals surface area contributed by atoms with E-state index in [1.807, 2.05) is 0 Å². The second kappa shape index (κ2) is 8.03. The lowest BCUT2D eigenvalue weighted by Gasteiger charge is -2.56. The summed E-state index contributed by atoms with van der Waals surface area (Å²) in [6.45, 7) is 0. The van der Waals surface area contributed by atoms with Crippen molar-refractivity contribution in [2.75, 3.05) is 0 Å². The first-order valence-electron chi connectivity index (χ1n) is 12.2. The fourth-order valence-electron chi connectivity index (χ4n) is 7.30. The molecule has 4 saturated carbocycles. The Hall–Kier alpha value is -2.95. The van der Waals surface area contributed by atoms with Crippen LogP contribution in [-0.4, -0.2) is 27.3 Å². The molecule has 7 rings (SSSR count). The summed E-state index contributed by atoms with van der Waals surface area (Å²) in [4.78, 5) is 19.1. The predicted octanol–water partition coefficient (Wildman–Crippen LogP) is 4.91. The number of rotatable bonds is 6. The van der Waals surface area contributed by atoms with Crippen molar-refractivity contribution in [1.29, 1.82) is 0 Å². The Morgan fingerprint density at radius 1 is 1.17 bits per heavy atom. The number of carbonyl (C=O) groups excluding carboxylic acids is 1.